The van der Waals surface area contributed by atoms with Gasteiger partial charge in [-0.25, -0.2) is 0 Å². The third-order valence-corrected chi connectivity index (χ3v) is 2.54. The Labute approximate surface area is 111 Å². The highest BCUT2D eigenvalue weighted by molar-refractivity contribution is 5.58. The minimum Gasteiger partial charge on any atom is -0.394 e. The van der Waals surface area contributed by atoms with Gasteiger partial charge in [-0.1, -0.05) is 24.8 Å². The molecule has 1 aromatic rings. The SMILES string of the molecule is C=C(/C=C\NC)/C=C/c1ccc(C(F)(F)F)cc1C. The van der Waals surface area contributed by atoms with Crippen LogP contribution in [0, 0.1) is 6.92 Å². The van der Waals surface area contributed by atoms with Gasteiger partial charge in [0.2, 0.25) is 0 Å². The zero-order chi connectivity index (χ0) is 14.5. The minimum absolute atomic E-state index is 0.580. The number of aryl methyl sites for hydroxylation is 1. The van der Waals surface area contributed by atoms with Gasteiger partial charge >= 0.3 is 6.18 Å². The first-order valence-electron chi connectivity index (χ1n) is 5.73. The van der Waals surface area contributed by atoms with Crippen molar-refractivity contribution in [2.45, 2.75) is 13.1 Å². The Kier molecular flexibility index (Phi) is 4.98. The molecular weight excluding hydrogens is 251 g/mol. The van der Waals surface area contributed by atoms with Gasteiger partial charge in [0.1, 0.15) is 0 Å². The summed E-state index contributed by atoms with van der Waals surface area (Å²) < 4.78 is 37.5. The Balaban J connectivity index is 2.89. The first kappa shape index (κ1) is 15.1. The van der Waals surface area contributed by atoms with E-state index in [0.29, 0.717) is 5.56 Å². The average Bonchev–Trinajstić information content (AvgIpc) is 2.33. The molecule has 0 saturated heterocycles. The molecular formula is C15H16F3N. The van der Waals surface area contributed by atoms with E-state index in [-0.39, 0.29) is 0 Å². The second-order valence-corrected chi connectivity index (χ2v) is 4.10. The van der Waals surface area contributed by atoms with Crippen LogP contribution in [0.15, 0.2) is 48.7 Å². The first-order valence-corrected chi connectivity index (χ1v) is 5.73. The Morgan fingerprint density at radius 1 is 1.26 bits per heavy atom. The zero-order valence-corrected chi connectivity index (χ0v) is 10.9. The summed E-state index contributed by atoms with van der Waals surface area (Å²) in [6.45, 7) is 5.45. The van der Waals surface area contributed by atoms with Crippen LogP contribution in [0.3, 0.4) is 0 Å². The van der Waals surface area contributed by atoms with Crippen molar-refractivity contribution in [2.75, 3.05) is 7.05 Å². The van der Waals surface area contributed by atoms with Gasteiger partial charge in [-0.3, -0.25) is 0 Å². The molecule has 0 atom stereocenters. The van der Waals surface area contributed by atoms with E-state index in [1.54, 1.807) is 38.4 Å². The number of hydrogen-bond acceptors (Lipinski definition) is 1. The Bertz CT molecular complexity index is 511. The van der Waals surface area contributed by atoms with Crippen LogP contribution in [0.5, 0.6) is 0 Å². The maximum Gasteiger partial charge on any atom is 0.416 e. The fourth-order valence-electron chi connectivity index (χ4n) is 1.48. The van der Waals surface area contributed by atoms with Crippen molar-refractivity contribution in [3.8, 4) is 0 Å². The molecule has 0 amide bonds. The Morgan fingerprint density at radius 2 is 1.95 bits per heavy atom. The van der Waals surface area contributed by atoms with E-state index in [0.717, 1.165) is 23.3 Å². The summed E-state index contributed by atoms with van der Waals surface area (Å²) in [6, 6.07) is 3.69. The highest BCUT2D eigenvalue weighted by Crippen LogP contribution is 2.30. The maximum absolute atomic E-state index is 12.5. The van der Waals surface area contributed by atoms with Gasteiger partial charge in [0.15, 0.2) is 0 Å². The largest absolute Gasteiger partial charge is 0.416 e. The number of allylic oxidation sites excluding steroid dienone is 3. The lowest BCUT2D eigenvalue weighted by Crippen LogP contribution is -2.05. The number of nitrogens with one attached hydrogen (secondary N) is 1. The zero-order valence-electron chi connectivity index (χ0n) is 10.9. The van der Waals surface area contributed by atoms with Crippen molar-refractivity contribution in [1.82, 2.24) is 5.32 Å². The van der Waals surface area contributed by atoms with E-state index in [1.807, 2.05) is 0 Å². The van der Waals surface area contributed by atoms with E-state index in [1.165, 1.54) is 6.07 Å². The quantitative estimate of drug-likeness (QED) is 0.801. The van der Waals surface area contributed by atoms with Crippen LogP contribution in [-0.4, -0.2) is 7.05 Å². The molecule has 4 heteroatoms. The number of halogens is 3. The summed E-state index contributed by atoms with van der Waals surface area (Å²) in [7, 11) is 1.77. The molecule has 102 valence electrons. The highest BCUT2D eigenvalue weighted by atomic mass is 19.4. The van der Waals surface area contributed by atoms with E-state index in [2.05, 4.69) is 11.9 Å². The van der Waals surface area contributed by atoms with Crippen LogP contribution in [0.1, 0.15) is 16.7 Å². The lowest BCUT2D eigenvalue weighted by molar-refractivity contribution is -0.137. The van der Waals surface area contributed by atoms with Crippen molar-refractivity contribution < 1.29 is 13.2 Å². The lowest BCUT2D eigenvalue weighted by atomic mass is 10.0. The second-order valence-electron chi connectivity index (χ2n) is 4.10. The fourth-order valence-corrected chi connectivity index (χ4v) is 1.48. The van der Waals surface area contributed by atoms with Gasteiger partial charge in [0, 0.05) is 7.05 Å². The summed E-state index contributed by atoms with van der Waals surface area (Å²) in [5, 5.41) is 2.83. The van der Waals surface area contributed by atoms with Crippen LogP contribution < -0.4 is 5.32 Å². The summed E-state index contributed by atoms with van der Waals surface area (Å²) in [5.41, 5.74) is 1.45. The molecule has 0 aliphatic carbocycles. The number of benzene rings is 1. The number of alkyl halides is 3. The van der Waals surface area contributed by atoms with Gasteiger partial charge in [0.25, 0.3) is 0 Å². The number of hydrogen-bond donors (Lipinski definition) is 1. The molecule has 0 aromatic heterocycles. The molecule has 0 spiro atoms. The summed E-state index contributed by atoms with van der Waals surface area (Å²) in [5.74, 6) is 0. The van der Waals surface area contributed by atoms with Gasteiger partial charge in [0.05, 0.1) is 5.56 Å². The van der Waals surface area contributed by atoms with Crippen LogP contribution in [0.25, 0.3) is 6.08 Å². The van der Waals surface area contributed by atoms with E-state index < -0.39 is 11.7 Å². The molecule has 0 unspecified atom stereocenters. The van der Waals surface area contributed by atoms with Crippen molar-refractivity contribution >= 4 is 6.08 Å². The van der Waals surface area contributed by atoms with Crippen LogP contribution >= 0.6 is 0 Å². The topological polar surface area (TPSA) is 12.0 Å². The fraction of sp³-hybridized carbons (Fsp3) is 0.200. The van der Waals surface area contributed by atoms with Crippen molar-refractivity contribution in [3.05, 3.63) is 65.4 Å². The Morgan fingerprint density at radius 3 is 2.47 bits per heavy atom. The summed E-state index contributed by atoms with van der Waals surface area (Å²) >= 11 is 0. The predicted molar refractivity (Wildman–Crippen MR) is 72.6 cm³/mol. The minimum atomic E-state index is -4.30. The normalized spacial score (nSPS) is 12.3. The predicted octanol–water partition coefficient (Wildman–Crippen LogP) is 4.32. The Hall–Kier alpha value is -1.97. The third kappa shape index (κ3) is 4.66. The average molecular weight is 267 g/mol. The molecule has 0 aliphatic rings. The monoisotopic (exact) mass is 267 g/mol. The number of rotatable bonds is 4. The molecule has 0 heterocycles. The van der Waals surface area contributed by atoms with Gasteiger partial charge in [-0.05, 0) is 48.0 Å². The van der Waals surface area contributed by atoms with Crippen LogP contribution in [-0.2, 0) is 6.18 Å². The molecule has 1 rings (SSSR count). The summed E-state index contributed by atoms with van der Waals surface area (Å²) in [6.07, 6.45) is 2.70. The van der Waals surface area contributed by atoms with E-state index >= 15 is 0 Å². The molecule has 0 radical (unpaired) electrons. The third-order valence-electron chi connectivity index (χ3n) is 2.54. The standard InChI is InChI=1S/C15H16F3N/c1-11(8-9-19-3)4-5-13-6-7-14(10-12(13)2)15(16,17)18/h4-10,19H,1H2,2-3H3/b5-4+,9-8-. The molecule has 19 heavy (non-hydrogen) atoms. The van der Waals surface area contributed by atoms with Crippen LogP contribution in [0.4, 0.5) is 13.2 Å². The molecule has 1 aromatic carbocycles. The van der Waals surface area contributed by atoms with Gasteiger partial charge < -0.3 is 5.32 Å². The smallest absolute Gasteiger partial charge is 0.394 e. The maximum atomic E-state index is 12.5. The molecule has 1 nitrogen and oxygen atoms in total. The molecule has 0 saturated carbocycles. The molecule has 0 fully saturated rings. The van der Waals surface area contributed by atoms with Gasteiger partial charge in [-0.2, -0.15) is 13.2 Å². The summed E-state index contributed by atoms with van der Waals surface area (Å²) in [4.78, 5) is 0. The molecule has 1 N–H and O–H groups in total. The lowest BCUT2D eigenvalue weighted by Gasteiger charge is -2.08. The first-order chi connectivity index (χ1) is 8.84. The molecule has 0 bridgehead atoms. The second kappa shape index (κ2) is 6.27. The highest BCUT2D eigenvalue weighted by Gasteiger charge is 2.30. The van der Waals surface area contributed by atoms with E-state index in [9.17, 15) is 13.2 Å². The van der Waals surface area contributed by atoms with Gasteiger partial charge in [-0.15, -0.1) is 0 Å². The van der Waals surface area contributed by atoms with Crippen LogP contribution in [0.2, 0.25) is 0 Å². The van der Waals surface area contributed by atoms with E-state index in [4.69, 9.17) is 0 Å². The van der Waals surface area contributed by atoms with Crippen molar-refractivity contribution in [1.29, 1.82) is 0 Å². The van der Waals surface area contributed by atoms with Crippen molar-refractivity contribution in [3.63, 3.8) is 0 Å². The van der Waals surface area contributed by atoms with Crippen molar-refractivity contribution in [2.24, 2.45) is 0 Å². The molecule has 0 aliphatic heterocycles.